The van der Waals surface area contributed by atoms with E-state index in [0.717, 1.165) is 5.56 Å². The number of phenols is 1. The van der Waals surface area contributed by atoms with Crippen molar-refractivity contribution in [3.8, 4) is 5.75 Å². The van der Waals surface area contributed by atoms with Gasteiger partial charge in [-0.2, -0.15) is 0 Å². The van der Waals surface area contributed by atoms with Crippen LogP contribution in [0.4, 0.5) is 0 Å². The fourth-order valence-electron chi connectivity index (χ4n) is 0.780. The van der Waals surface area contributed by atoms with Crippen LogP contribution >= 0.6 is 0 Å². The zero-order chi connectivity index (χ0) is 8.10. The first-order valence-electron chi connectivity index (χ1n) is 3.43. The predicted molar refractivity (Wildman–Crippen MR) is 45.6 cm³/mol. The molecule has 0 heterocycles. The molecular weight excluding hydrogens is 140 g/mol. The van der Waals surface area contributed by atoms with Gasteiger partial charge in [0, 0.05) is 0 Å². The Hall–Kier alpha value is -1.28. The summed E-state index contributed by atoms with van der Waals surface area (Å²) in [6, 6.07) is 6.87. The molecule has 0 unspecified atom stereocenters. The Morgan fingerprint density at radius 1 is 1.27 bits per heavy atom. The highest BCUT2D eigenvalue weighted by atomic mass is 16.3. The highest BCUT2D eigenvalue weighted by molar-refractivity contribution is 5.50. The van der Waals surface area contributed by atoms with E-state index in [1.54, 1.807) is 18.2 Å². The molecule has 1 aromatic carbocycles. The molecule has 0 amide bonds. The van der Waals surface area contributed by atoms with Crippen molar-refractivity contribution in [1.29, 1.82) is 0 Å². The topological polar surface area (TPSA) is 43.1 Å². The second-order valence-electron chi connectivity index (χ2n) is 2.20. The maximum atomic E-state index is 8.92. The van der Waals surface area contributed by atoms with E-state index in [2.05, 4.69) is 0 Å². The fraction of sp³-hybridized carbons (Fsp3) is 0.111. The lowest BCUT2D eigenvalue weighted by atomic mass is 10.2. The Balaban J connectivity index is 2.73. The van der Waals surface area contributed by atoms with E-state index < -0.39 is 0 Å². The average molecular weight is 151 g/mol. The normalized spacial score (nSPS) is 10.6. The van der Waals surface area contributed by atoms with Crippen molar-refractivity contribution in [2.75, 3.05) is 6.61 Å². The standard InChI is InChI=1S/C9H10O2/c10-7-1-2-8-3-5-9(11)6-4-8/h1-6,10-11H,7H2/p+1/b2-1+. The largest absolute Gasteiger partial charge is 0.508 e. The zero-order valence-corrected chi connectivity index (χ0v) is 6.12. The fourth-order valence-corrected chi connectivity index (χ4v) is 0.780. The Bertz CT molecular complexity index is 236. The van der Waals surface area contributed by atoms with Gasteiger partial charge in [-0.1, -0.05) is 18.2 Å². The molecule has 0 spiro atoms. The van der Waals surface area contributed by atoms with Crippen molar-refractivity contribution in [2.45, 2.75) is 0 Å². The molecule has 0 saturated carbocycles. The van der Waals surface area contributed by atoms with Crippen molar-refractivity contribution in [1.82, 2.24) is 0 Å². The van der Waals surface area contributed by atoms with Crippen LogP contribution in [0.3, 0.4) is 0 Å². The summed E-state index contributed by atoms with van der Waals surface area (Å²) in [6.45, 7) is 0.293. The molecule has 0 bridgehead atoms. The summed E-state index contributed by atoms with van der Waals surface area (Å²) in [5.74, 6) is 0.271. The van der Waals surface area contributed by atoms with Gasteiger partial charge in [-0.05, 0) is 23.8 Å². The number of aromatic hydroxyl groups is 1. The number of phenolic OH excluding ortho intramolecular Hbond substituents is 1. The monoisotopic (exact) mass is 151 g/mol. The van der Waals surface area contributed by atoms with Gasteiger partial charge in [0.15, 0.2) is 6.61 Å². The van der Waals surface area contributed by atoms with Crippen LogP contribution in [-0.2, 0) is 0 Å². The Labute approximate surface area is 65.4 Å². The van der Waals surface area contributed by atoms with E-state index in [-0.39, 0.29) is 5.75 Å². The Kier molecular flexibility index (Phi) is 2.69. The lowest BCUT2D eigenvalue weighted by molar-refractivity contribution is 0.343. The second-order valence-corrected chi connectivity index (χ2v) is 2.20. The molecule has 1 aromatic rings. The first-order chi connectivity index (χ1) is 5.33. The molecule has 0 aliphatic rings. The lowest BCUT2D eigenvalue weighted by Crippen LogP contribution is -1.73. The average Bonchev–Trinajstić information content (AvgIpc) is 2.04. The first kappa shape index (κ1) is 7.82. The van der Waals surface area contributed by atoms with Gasteiger partial charge in [-0.3, -0.25) is 0 Å². The highest BCUT2D eigenvalue weighted by Gasteiger charge is 1.86. The molecular formula is C9H11O2+. The quantitative estimate of drug-likeness (QED) is 0.632. The van der Waals surface area contributed by atoms with Gasteiger partial charge in [-0.25, -0.2) is 0 Å². The molecule has 0 aliphatic carbocycles. The molecule has 11 heavy (non-hydrogen) atoms. The smallest absolute Gasteiger partial charge is 0.163 e. The third-order valence-corrected chi connectivity index (χ3v) is 1.32. The lowest BCUT2D eigenvalue weighted by Gasteiger charge is -1.91. The molecule has 58 valence electrons. The summed E-state index contributed by atoms with van der Waals surface area (Å²) >= 11 is 0. The summed E-state index contributed by atoms with van der Waals surface area (Å²) in [7, 11) is 0. The summed E-state index contributed by atoms with van der Waals surface area (Å²) in [6.07, 6.45) is 3.61. The maximum absolute atomic E-state index is 8.92. The van der Waals surface area contributed by atoms with Crippen LogP contribution in [0, 0.1) is 0 Å². The van der Waals surface area contributed by atoms with E-state index >= 15 is 0 Å². The molecule has 1 rings (SSSR count). The summed E-state index contributed by atoms with van der Waals surface area (Å²) in [5, 5.41) is 15.8. The zero-order valence-electron chi connectivity index (χ0n) is 6.12. The number of hydrogen-bond donors (Lipinski definition) is 1. The van der Waals surface area contributed by atoms with Crippen LogP contribution in [0.5, 0.6) is 5.75 Å². The molecule has 2 nitrogen and oxygen atoms in total. The number of benzene rings is 1. The minimum Gasteiger partial charge on any atom is -0.508 e. The van der Waals surface area contributed by atoms with Gasteiger partial charge < -0.3 is 10.2 Å². The van der Waals surface area contributed by atoms with Gasteiger partial charge in [0.1, 0.15) is 5.75 Å². The summed E-state index contributed by atoms with van der Waals surface area (Å²) in [5.41, 5.74) is 1.01. The minimum atomic E-state index is 0.271. The molecule has 2 heteroatoms. The molecule has 0 aliphatic heterocycles. The van der Waals surface area contributed by atoms with E-state index in [1.165, 1.54) is 0 Å². The van der Waals surface area contributed by atoms with Crippen LogP contribution in [0.15, 0.2) is 30.3 Å². The van der Waals surface area contributed by atoms with Gasteiger partial charge in [-0.15, -0.1) is 0 Å². The van der Waals surface area contributed by atoms with Crippen molar-refractivity contribution in [3.05, 3.63) is 35.9 Å². The van der Waals surface area contributed by atoms with Gasteiger partial charge >= 0.3 is 0 Å². The predicted octanol–water partition coefficient (Wildman–Crippen LogP) is 1.13. The van der Waals surface area contributed by atoms with Crippen molar-refractivity contribution in [2.24, 2.45) is 0 Å². The van der Waals surface area contributed by atoms with E-state index in [4.69, 9.17) is 10.2 Å². The van der Waals surface area contributed by atoms with Crippen molar-refractivity contribution < 1.29 is 10.2 Å². The van der Waals surface area contributed by atoms with Crippen LogP contribution < -0.4 is 0 Å². The second kappa shape index (κ2) is 3.78. The van der Waals surface area contributed by atoms with Crippen LogP contribution in [0.25, 0.3) is 6.08 Å². The number of hydrogen-bond acceptors (Lipinski definition) is 1. The van der Waals surface area contributed by atoms with Crippen molar-refractivity contribution >= 4 is 6.08 Å². The molecule has 0 saturated heterocycles. The Morgan fingerprint density at radius 3 is 2.45 bits per heavy atom. The summed E-state index contributed by atoms with van der Waals surface area (Å²) in [4.78, 5) is 0. The molecule has 0 fully saturated rings. The maximum Gasteiger partial charge on any atom is 0.163 e. The van der Waals surface area contributed by atoms with Gasteiger partial charge in [0.2, 0.25) is 0 Å². The van der Waals surface area contributed by atoms with Crippen LogP contribution in [0.1, 0.15) is 5.56 Å². The summed E-state index contributed by atoms with van der Waals surface area (Å²) < 4.78 is 0. The van der Waals surface area contributed by atoms with E-state index in [9.17, 15) is 0 Å². The highest BCUT2D eigenvalue weighted by Crippen LogP contribution is 2.10. The third kappa shape index (κ3) is 2.43. The van der Waals surface area contributed by atoms with Crippen LogP contribution in [-0.4, -0.2) is 16.8 Å². The first-order valence-corrected chi connectivity index (χ1v) is 3.43. The molecule has 0 radical (unpaired) electrons. The molecule has 0 aromatic heterocycles. The van der Waals surface area contributed by atoms with Gasteiger partial charge in [0.25, 0.3) is 0 Å². The van der Waals surface area contributed by atoms with Crippen molar-refractivity contribution in [3.63, 3.8) is 0 Å². The molecule has 3 N–H and O–H groups in total. The SMILES string of the molecule is Oc1ccc(/C=C/C[OH2+])cc1. The van der Waals surface area contributed by atoms with Gasteiger partial charge in [0.05, 0.1) is 0 Å². The van der Waals surface area contributed by atoms with E-state index in [1.807, 2.05) is 18.2 Å². The molecule has 0 atom stereocenters. The van der Waals surface area contributed by atoms with E-state index in [0.29, 0.717) is 6.61 Å². The third-order valence-electron chi connectivity index (χ3n) is 1.32. The minimum absolute atomic E-state index is 0.271. The van der Waals surface area contributed by atoms with Crippen LogP contribution in [0.2, 0.25) is 0 Å². The Morgan fingerprint density at radius 2 is 1.91 bits per heavy atom. The number of rotatable bonds is 2.